The molecule has 0 aliphatic carbocycles. The smallest absolute Gasteiger partial charge is 0.241 e. The molecule has 0 aliphatic rings. The SMILES string of the molecule is CNCc1cc(S(=O)(=O)NCc2cccs2)c(C)cc1C. The number of nitrogens with one attached hydrogen (secondary N) is 2. The van der Waals surface area contributed by atoms with Gasteiger partial charge in [0.1, 0.15) is 0 Å². The molecule has 0 spiro atoms. The van der Waals surface area contributed by atoms with Gasteiger partial charge in [0, 0.05) is 18.0 Å². The average molecular weight is 324 g/mol. The Balaban J connectivity index is 2.28. The second-order valence-electron chi connectivity index (χ2n) is 4.98. The second kappa shape index (κ2) is 6.70. The third-order valence-electron chi connectivity index (χ3n) is 3.31. The summed E-state index contributed by atoms with van der Waals surface area (Å²) in [5, 5.41) is 5.00. The molecule has 1 heterocycles. The molecule has 4 nitrogen and oxygen atoms in total. The first kappa shape index (κ1) is 16.2. The number of aryl methyl sites for hydroxylation is 2. The van der Waals surface area contributed by atoms with Crippen LogP contribution in [-0.2, 0) is 23.1 Å². The summed E-state index contributed by atoms with van der Waals surface area (Å²) in [5.41, 5.74) is 2.87. The lowest BCUT2D eigenvalue weighted by molar-refractivity contribution is 0.581. The molecule has 0 saturated heterocycles. The summed E-state index contributed by atoms with van der Waals surface area (Å²) < 4.78 is 27.6. The van der Waals surface area contributed by atoms with Crippen molar-refractivity contribution in [2.24, 2.45) is 0 Å². The summed E-state index contributed by atoms with van der Waals surface area (Å²) >= 11 is 1.54. The van der Waals surface area contributed by atoms with E-state index >= 15 is 0 Å². The Hall–Kier alpha value is -1.21. The molecule has 1 aromatic carbocycles. The lowest BCUT2D eigenvalue weighted by atomic mass is 10.1. The molecule has 6 heteroatoms. The minimum Gasteiger partial charge on any atom is -0.316 e. The number of sulfonamides is 1. The maximum Gasteiger partial charge on any atom is 0.241 e. The molecule has 2 aromatic rings. The van der Waals surface area contributed by atoms with Crippen LogP contribution in [0.15, 0.2) is 34.5 Å². The van der Waals surface area contributed by atoms with E-state index < -0.39 is 10.0 Å². The van der Waals surface area contributed by atoms with Crippen molar-refractivity contribution in [1.82, 2.24) is 10.0 Å². The van der Waals surface area contributed by atoms with Crippen molar-refractivity contribution in [3.05, 3.63) is 51.2 Å². The molecule has 0 fully saturated rings. The van der Waals surface area contributed by atoms with Crippen LogP contribution in [0.4, 0.5) is 0 Å². The van der Waals surface area contributed by atoms with Gasteiger partial charge in [0.25, 0.3) is 0 Å². The zero-order valence-corrected chi connectivity index (χ0v) is 14.1. The molecule has 0 amide bonds. The molecule has 2 rings (SSSR count). The van der Waals surface area contributed by atoms with Crippen LogP contribution in [-0.4, -0.2) is 15.5 Å². The van der Waals surface area contributed by atoms with Crippen LogP contribution in [0.25, 0.3) is 0 Å². The largest absolute Gasteiger partial charge is 0.316 e. The molecule has 1 aromatic heterocycles. The Kier molecular flexibility index (Phi) is 5.16. The maximum absolute atomic E-state index is 12.5. The predicted octanol–water partition coefficient (Wildman–Crippen LogP) is 2.56. The Bertz CT molecular complexity index is 708. The van der Waals surface area contributed by atoms with E-state index in [-0.39, 0.29) is 0 Å². The van der Waals surface area contributed by atoms with Gasteiger partial charge in [0.15, 0.2) is 0 Å². The van der Waals surface area contributed by atoms with Gasteiger partial charge < -0.3 is 5.32 Å². The normalized spacial score (nSPS) is 11.8. The third kappa shape index (κ3) is 3.91. The van der Waals surface area contributed by atoms with Gasteiger partial charge in [-0.25, -0.2) is 13.1 Å². The van der Waals surface area contributed by atoms with Crippen LogP contribution in [0.5, 0.6) is 0 Å². The number of thiophene rings is 1. The molecule has 2 N–H and O–H groups in total. The summed E-state index contributed by atoms with van der Waals surface area (Å²) in [7, 11) is -1.65. The Morgan fingerprint density at radius 1 is 1.14 bits per heavy atom. The first-order chi connectivity index (χ1) is 9.94. The van der Waals surface area contributed by atoms with E-state index in [1.54, 1.807) is 6.07 Å². The number of rotatable bonds is 6. The van der Waals surface area contributed by atoms with Crippen molar-refractivity contribution in [1.29, 1.82) is 0 Å². The maximum atomic E-state index is 12.5. The van der Waals surface area contributed by atoms with Gasteiger partial charge in [-0.05, 0) is 55.1 Å². The molecule has 114 valence electrons. The van der Waals surface area contributed by atoms with Crippen molar-refractivity contribution in [3.8, 4) is 0 Å². The van der Waals surface area contributed by atoms with Gasteiger partial charge in [-0.1, -0.05) is 12.1 Å². The number of benzene rings is 1. The van der Waals surface area contributed by atoms with Crippen molar-refractivity contribution in [2.75, 3.05) is 7.05 Å². The van der Waals surface area contributed by atoms with Crippen molar-refractivity contribution < 1.29 is 8.42 Å². The van der Waals surface area contributed by atoms with E-state index in [0.717, 1.165) is 21.6 Å². The van der Waals surface area contributed by atoms with E-state index in [9.17, 15) is 8.42 Å². The minimum atomic E-state index is -3.50. The minimum absolute atomic E-state index is 0.328. The van der Waals surface area contributed by atoms with E-state index in [1.807, 2.05) is 44.5 Å². The third-order valence-corrected chi connectivity index (χ3v) is 5.73. The van der Waals surface area contributed by atoms with Crippen molar-refractivity contribution in [3.63, 3.8) is 0 Å². The molecule has 0 bridgehead atoms. The molecular weight excluding hydrogens is 304 g/mol. The highest BCUT2D eigenvalue weighted by Gasteiger charge is 2.18. The number of hydrogen-bond donors (Lipinski definition) is 2. The molecular formula is C15H20N2O2S2. The molecule has 0 saturated carbocycles. The van der Waals surface area contributed by atoms with E-state index in [4.69, 9.17) is 0 Å². The van der Waals surface area contributed by atoms with Gasteiger partial charge in [-0.15, -0.1) is 11.3 Å². The lowest BCUT2D eigenvalue weighted by Gasteiger charge is -2.13. The highest BCUT2D eigenvalue weighted by atomic mass is 32.2. The summed E-state index contributed by atoms with van der Waals surface area (Å²) in [5.74, 6) is 0. The van der Waals surface area contributed by atoms with Crippen LogP contribution in [0, 0.1) is 13.8 Å². The Morgan fingerprint density at radius 3 is 2.52 bits per heavy atom. The van der Waals surface area contributed by atoms with E-state index in [2.05, 4.69) is 10.0 Å². The lowest BCUT2D eigenvalue weighted by Crippen LogP contribution is -2.24. The van der Waals surface area contributed by atoms with Gasteiger partial charge in [-0.2, -0.15) is 0 Å². The molecule has 0 aliphatic heterocycles. The van der Waals surface area contributed by atoms with E-state index in [1.165, 1.54) is 11.3 Å². The van der Waals surface area contributed by atoms with Crippen LogP contribution in [0.1, 0.15) is 21.6 Å². The quantitative estimate of drug-likeness (QED) is 0.858. The fourth-order valence-corrected chi connectivity index (χ4v) is 4.22. The summed E-state index contributed by atoms with van der Waals surface area (Å²) in [6.45, 7) is 4.80. The molecule has 21 heavy (non-hydrogen) atoms. The first-order valence-electron chi connectivity index (χ1n) is 6.71. The average Bonchev–Trinajstić information content (AvgIpc) is 2.93. The van der Waals surface area contributed by atoms with Gasteiger partial charge >= 0.3 is 0 Å². The first-order valence-corrected chi connectivity index (χ1v) is 9.07. The zero-order valence-electron chi connectivity index (χ0n) is 12.4. The fourth-order valence-electron chi connectivity index (χ4n) is 2.20. The Labute approximate surface area is 130 Å². The second-order valence-corrected chi connectivity index (χ2v) is 7.75. The Morgan fingerprint density at radius 2 is 1.90 bits per heavy atom. The van der Waals surface area contributed by atoms with Crippen molar-refractivity contribution >= 4 is 21.4 Å². The van der Waals surface area contributed by atoms with Crippen LogP contribution < -0.4 is 10.0 Å². The van der Waals surface area contributed by atoms with Gasteiger partial charge in [0.2, 0.25) is 10.0 Å². The topological polar surface area (TPSA) is 58.2 Å². The monoisotopic (exact) mass is 324 g/mol. The fraction of sp³-hybridized carbons (Fsp3) is 0.333. The molecule has 0 atom stereocenters. The van der Waals surface area contributed by atoms with E-state index in [0.29, 0.717) is 18.0 Å². The summed E-state index contributed by atoms with van der Waals surface area (Å²) in [6, 6.07) is 7.52. The summed E-state index contributed by atoms with van der Waals surface area (Å²) in [4.78, 5) is 1.36. The van der Waals surface area contributed by atoms with Crippen LogP contribution in [0.2, 0.25) is 0 Å². The zero-order chi connectivity index (χ0) is 15.5. The molecule has 0 radical (unpaired) electrons. The van der Waals surface area contributed by atoms with Crippen LogP contribution >= 0.6 is 11.3 Å². The van der Waals surface area contributed by atoms with Crippen LogP contribution in [0.3, 0.4) is 0 Å². The van der Waals surface area contributed by atoms with Gasteiger partial charge in [0.05, 0.1) is 4.90 Å². The highest BCUT2D eigenvalue weighted by molar-refractivity contribution is 7.89. The highest BCUT2D eigenvalue weighted by Crippen LogP contribution is 2.21. The number of hydrogen-bond acceptors (Lipinski definition) is 4. The molecule has 0 unspecified atom stereocenters. The standard InChI is InChI=1S/C15H20N2O2S2/c1-11-7-12(2)15(8-13(11)9-16-3)21(18,19)17-10-14-5-4-6-20-14/h4-8,16-17H,9-10H2,1-3H3. The van der Waals surface area contributed by atoms with Crippen molar-refractivity contribution in [2.45, 2.75) is 31.8 Å². The predicted molar refractivity (Wildman–Crippen MR) is 87.0 cm³/mol. The van der Waals surface area contributed by atoms with Gasteiger partial charge in [-0.3, -0.25) is 0 Å². The summed E-state index contributed by atoms with van der Waals surface area (Å²) in [6.07, 6.45) is 0.